The molecule has 1 N–H and O–H groups in total. The number of ether oxygens (including phenoxy) is 1. The lowest BCUT2D eigenvalue weighted by atomic mass is 10.2. The fourth-order valence-electron chi connectivity index (χ4n) is 2.10. The average molecular weight is 316 g/mol. The molecule has 0 unspecified atom stereocenters. The lowest BCUT2D eigenvalue weighted by molar-refractivity contribution is 0.0532. The van der Waals surface area contributed by atoms with Crippen LogP contribution in [0.15, 0.2) is 30.6 Å². The van der Waals surface area contributed by atoms with Crippen LogP contribution in [0, 0.1) is 0 Å². The number of carbonyl (C=O) groups excluding carboxylic acids is 1. The van der Waals surface area contributed by atoms with Crippen LogP contribution in [-0.2, 0) is 18.3 Å². The maximum Gasteiger partial charge on any atom is 0.348 e. The summed E-state index contributed by atoms with van der Waals surface area (Å²) in [6, 6.07) is 7.88. The van der Waals surface area contributed by atoms with Gasteiger partial charge in [-0.25, -0.2) is 4.79 Å². The third kappa shape index (κ3) is 2.94. The van der Waals surface area contributed by atoms with E-state index >= 15 is 0 Å². The lowest BCUT2D eigenvalue weighted by Gasteiger charge is -2.05. The minimum Gasteiger partial charge on any atom is -0.462 e. The maximum absolute atomic E-state index is 11.8. The quantitative estimate of drug-likeness (QED) is 0.733. The molecule has 0 saturated carbocycles. The highest BCUT2D eigenvalue weighted by molar-refractivity contribution is 7.20. The van der Waals surface area contributed by atoms with E-state index in [9.17, 15) is 4.79 Å². The smallest absolute Gasteiger partial charge is 0.348 e. The zero-order chi connectivity index (χ0) is 15.5. The number of nitrogens with zero attached hydrogens (tertiary/aromatic N) is 3. The summed E-state index contributed by atoms with van der Waals surface area (Å²) in [5.74, 6) is 0.593. The van der Waals surface area contributed by atoms with Gasteiger partial charge in [0.15, 0.2) is 5.82 Å². The molecule has 6 nitrogen and oxygen atoms in total. The zero-order valence-corrected chi connectivity index (χ0v) is 13.2. The van der Waals surface area contributed by atoms with Gasteiger partial charge in [0.2, 0.25) is 0 Å². The summed E-state index contributed by atoms with van der Waals surface area (Å²) in [5.41, 5.74) is 0.976. The van der Waals surface area contributed by atoms with Crippen molar-refractivity contribution in [3.8, 4) is 0 Å². The molecule has 0 aliphatic rings. The highest BCUT2D eigenvalue weighted by Crippen LogP contribution is 2.28. The highest BCUT2D eigenvalue weighted by Gasteiger charge is 2.11. The van der Waals surface area contributed by atoms with E-state index in [1.807, 2.05) is 35.9 Å². The molecule has 2 heterocycles. The number of benzene rings is 1. The Morgan fingerprint density at radius 3 is 3.00 bits per heavy atom. The minimum atomic E-state index is -0.266. The molecule has 2 aromatic heterocycles. The monoisotopic (exact) mass is 316 g/mol. The predicted molar refractivity (Wildman–Crippen MR) is 86.1 cm³/mol. The molecule has 0 fully saturated rings. The first kappa shape index (κ1) is 14.5. The van der Waals surface area contributed by atoms with Crippen molar-refractivity contribution in [2.45, 2.75) is 13.5 Å². The number of esters is 1. The van der Waals surface area contributed by atoms with E-state index < -0.39 is 0 Å². The summed E-state index contributed by atoms with van der Waals surface area (Å²) >= 11 is 1.44. The summed E-state index contributed by atoms with van der Waals surface area (Å²) in [6.45, 7) is 2.79. The first-order valence-electron chi connectivity index (χ1n) is 6.95. The van der Waals surface area contributed by atoms with Gasteiger partial charge in [-0.3, -0.25) is 0 Å². The van der Waals surface area contributed by atoms with Crippen LogP contribution in [0.3, 0.4) is 0 Å². The van der Waals surface area contributed by atoms with Gasteiger partial charge in [-0.2, -0.15) is 0 Å². The van der Waals surface area contributed by atoms with Crippen molar-refractivity contribution in [1.29, 1.82) is 0 Å². The van der Waals surface area contributed by atoms with Gasteiger partial charge in [0.1, 0.15) is 11.2 Å². The summed E-state index contributed by atoms with van der Waals surface area (Å²) in [4.78, 5) is 12.4. The molecular formula is C15H16N4O2S. The number of aromatic nitrogens is 3. The normalized spacial score (nSPS) is 10.8. The molecule has 7 heteroatoms. The molecule has 114 valence electrons. The van der Waals surface area contributed by atoms with Gasteiger partial charge in [-0.15, -0.1) is 21.5 Å². The molecule has 0 radical (unpaired) electrons. The molecule has 0 aliphatic heterocycles. The van der Waals surface area contributed by atoms with E-state index in [0.29, 0.717) is 18.0 Å². The largest absolute Gasteiger partial charge is 0.462 e. The molecule has 0 saturated heterocycles. The molecule has 3 rings (SSSR count). The molecule has 0 aliphatic carbocycles. The third-order valence-electron chi connectivity index (χ3n) is 3.25. The van der Waals surface area contributed by atoms with Gasteiger partial charge >= 0.3 is 5.97 Å². The number of hydrogen-bond donors (Lipinski definition) is 1. The molecule has 22 heavy (non-hydrogen) atoms. The van der Waals surface area contributed by atoms with E-state index in [1.165, 1.54) is 11.3 Å². The molecule has 0 bridgehead atoms. The Hall–Kier alpha value is -2.41. The van der Waals surface area contributed by atoms with Gasteiger partial charge in [0, 0.05) is 17.4 Å². The highest BCUT2D eigenvalue weighted by atomic mass is 32.1. The van der Waals surface area contributed by atoms with Gasteiger partial charge in [0.25, 0.3) is 0 Å². The summed E-state index contributed by atoms with van der Waals surface area (Å²) < 4.78 is 7.97. The van der Waals surface area contributed by atoms with Crippen LogP contribution < -0.4 is 5.32 Å². The van der Waals surface area contributed by atoms with E-state index in [0.717, 1.165) is 21.6 Å². The van der Waals surface area contributed by atoms with Gasteiger partial charge in [-0.1, -0.05) is 0 Å². The van der Waals surface area contributed by atoms with Crippen LogP contribution in [0.5, 0.6) is 0 Å². The minimum absolute atomic E-state index is 0.266. The standard InChI is InChI=1S/C15H16N4O2S/c1-3-21-15(20)13-7-10-6-11(4-5-12(10)22-13)16-8-14-18-17-9-19(14)2/h4-7,9,16H,3,8H2,1-2H3. The van der Waals surface area contributed by atoms with Crippen molar-refractivity contribution < 1.29 is 9.53 Å². The van der Waals surface area contributed by atoms with Gasteiger partial charge in [0.05, 0.1) is 13.2 Å². The van der Waals surface area contributed by atoms with E-state index in [2.05, 4.69) is 15.5 Å². The van der Waals surface area contributed by atoms with Crippen LogP contribution >= 0.6 is 11.3 Å². The Balaban J connectivity index is 1.77. The Morgan fingerprint density at radius 2 is 2.27 bits per heavy atom. The van der Waals surface area contributed by atoms with E-state index in [-0.39, 0.29) is 5.97 Å². The number of nitrogens with one attached hydrogen (secondary N) is 1. The number of hydrogen-bond acceptors (Lipinski definition) is 6. The Bertz CT molecular complexity index is 809. The molecule has 0 spiro atoms. The second-order valence-corrected chi connectivity index (χ2v) is 5.88. The van der Waals surface area contributed by atoms with Crippen LogP contribution in [0.1, 0.15) is 22.4 Å². The molecule has 0 atom stereocenters. The van der Waals surface area contributed by atoms with Crippen LogP contribution in [0.25, 0.3) is 10.1 Å². The third-order valence-corrected chi connectivity index (χ3v) is 4.34. The first-order chi connectivity index (χ1) is 10.7. The Labute approximate surface area is 131 Å². The second-order valence-electron chi connectivity index (χ2n) is 4.80. The number of fused-ring (bicyclic) bond motifs is 1. The van der Waals surface area contributed by atoms with Gasteiger partial charge in [-0.05, 0) is 36.6 Å². The van der Waals surface area contributed by atoms with Crippen molar-refractivity contribution in [3.05, 3.63) is 41.3 Å². The number of aryl methyl sites for hydroxylation is 1. The molecule has 0 amide bonds. The van der Waals surface area contributed by atoms with Crippen molar-refractivity contribution in [1.82, 2.24) is 14.8 Å². The summed E-state index contributed by atoms with van der Waals surface area (Å²) in [7, 11) is 1.91. The van der Waals surface area contributed by atoms with Crippen LogP contribution in [-0.4, -0.2) is 27.3 Å². The topological polar surface area (TPSA) is 69.0 Å². The van der Waals surface area contributed by atoms with Crippen molar-refractivity contribution in [2.24, 2.45) is 7.05 Å². The number of carbonyl (C=O) groups is 1. The summed E-state index contributed by atoms with van der Waals surface area (Å²) in [5, 5.41) is 12.2. The second kappa shape index (κ2) is 6.15. The van der Waals surface area contributed by atoms with Crippen LogP contribution in [0.2, 0.25) is 0 Å². The van der Waals surface area contributed by atoms with E-state index in [1.54, 1.807) is 13.3 Å². The molecule has 1 aromatic carbocycles. The average Bonchev–Trinajstić information content (AvgIpc) is 3.11. The number of thiophene rings is 1. The lowest BCUT2D eigenvalue weighted by Crippen LogP contribution is -2.05. The SMILES string of the molecule is CCOC(=O)c1cc2cc(NCc3nncn3C)ccc2s1. The van der Waals surface area contributed by atoms with Crippen molar-refractivity contribution in [3.63, 3.8) is 0 Å². The first-order valence-corrected chi connectivity index (χ1v) is 7.76. The van der Waals surface area contributed by atoms with Crippen molar-refractivity contribution >= 4 is 33.1 Å². The molecular weight excluding hydrogens is 300 g/mol. The van der Waals surface area contributed by atoms with Crippen LogP contribution in [0.4, 0.5) is 5.69 Å². The Morgan fingerprint density at radius 1 is 1.41 bits per heavy atom. The predicted octanol–water partition coefficient (Wildman–Crippen LogP) is 2.82. The fraction of sp³-hybridized carbons (Fsp3) is 0.267. The van der Waals surface area contributed by atoms with Crippen molar-refractivity contribution in [2.75, 3.05) is 11.9 Å². The summed E-state index contributed by atoms with van der Waals surface area (Å²) in [6.07, 6.45) is 1.67. The van der Waals surface area contributed by atoms with E-state index in [4.69, 9.17) is 4.74 Å². The van der Waals surface area contributed by atoms with Gasteiger partial charge < -0.3 is 14.6 Å². The zero-order valence-electron chi connectivity index (χ0n) is 12.4. The maximum atomic E-state index is 11.8. The fourth-order valence-corrected chi connectivity index (χ4v) is 3.04. The number of rotatable bonds is 5. The number of anilines is 1. The molecule has 3 aromatic rings. The Kier molecular flexibility index (Phi) is 4.06.